The molecule has 5 heteroatoms. The van der Waals surface area contributed by atoms with Crippen molar-refractivity contribution in [1.29, 1.82) is 0 Å². The molecule has 1 aromatic rings. The molecule has 1 aliphatic rings. The Bertz CT molecular complexity index is 506. The van der Waals surface area contributed by atoms with Crippen LogP contribution in [0.2, 0.25) is 0 Å². The number of nitro groups is 1. The van der Waals surface area contributed by atoms with Gasteiger partial charge in [0.25, 0.3) is 5.69 Å². The minimum absolute atomic E-state index is 0.0256. The normalized spacial score (nSPS) is 16.4. The summed E-state index contributed by atoms with van der Waals surface area (Å²) < 4.78 is 0. The van der Waals surface area contributed by atoms with Crippen LogP contribution in [0.4, 0.5) is 11.4 Å². The predicted octanol–water partition coefficient (Wildman–Crippen LogP) is 3.28. The van der Waals surface area contributed by atoms with Crippen LogP contribution in [0.3, 0.4) is 0 Å². The van der Waals surface area contributed by atoms with Crippen LogP contribution >= 0.6 is 0 Å². The molecule has 108 valence electrons. The van der Waals surface area contributed by atoms with Gasteiger partial charge in [-0.2, -0.15) is 0 Å². The highest BCUT2D eigenvalue weighted by Gasteiger charge is 2.26. The number of rotatable bonds is 4. The summed E-state index contributed by atoms with van der Waals surface area (Å²) in [5.74, 6) is 1.35. The lowest BCUT2D eigenvalue weighted by atomic mass is 9.86. The highest BCUT2D eigenvalue weighted by Crippen LogP contribution is 2.33. The van der Waals surface area contributed by atoms with E-state index in [1.165, 1.54) is 6.07 Å². The second kappa shape index (κ2) is 6.03. The zero-order valence-corrected chi connectivity index (χ0v) is 11.9. The highest BCUT2D eigenvalue weighted by molar-refractivity contribution is 5.79. The lowest BCUT2D eigenvalue weighted by Crippen LogP contribution is -2.35. The number of hydrogen-bond donors (Lipinski definition) is 0. The summed E-state index contributed by atoms with van der Waals surface area (Å²) in [6.07, 6.45) is 2.76. The first kappa shape index (κ1) is 14.5. The molecule has 1 aromatic carbocycles. The minimum Gasteiger partial charge on any atom is -0.366 e. The zero-order valence-electron chi connectivity index (χ0n) is 11.9. The first-order chi connectivity index (χ1) is 9.52. The zero-order chi connectivity index (χ0) is 14.7. The Balaban J connectivity index is 2.21. The first-order valence-corrected chi connectivity index (χ1v) is 7.01. The molecule has 0 radical (unpaired) electrons. The van der Waals surface area contributed by atoms with E-state index in [9.17, 15) is 14.9 Å². The molecule has 0 bridgehead atoms. The topological polar surface area (TPSA) is 63.5 Å². The fourth-order valence-electron chi connectivity index (χ4n) is 2.83. The maximum absolute atomic E-state index is 11.2. The predicted molar refractivity (Wildman–Crippen MR) is 78.3 cm³/mol. The Labute approximate surface area is 118 Å². The van der Waals surface area contributed by atoms with E-state index >= 15 is 0 Å². The van der Waals surface area contributed by atoms with Crippen molar-refractivity contribution in [3.8, 4) is 0 Å². The summed E-state index contributed by atoms with van der Waals surface area (Å²) in [6, 6.07) is 4.69. The van der Waals surface area contributed by atoms with Crippen molar-refractivity contribution in [3.63, 3.8) is 0 Å². The molecule has 1 fully saturated rings. The third-order valence-corrected chi connectivity index (χ3v) is 4.16. The van der Waals surface area contributed by atoms with Gasteiger partial charge in [-0.25, -0.2) is 0 Å². The highest BCUT2D eigenvalue weighted by atomic mass is 16.6. The Morgan fingerprint density at radius 3 is 2.50 bits per heavy atom. The van der Waals surface area contributed by atoms with Gasteiger partial charge < -0.3 is 4.90 Å². The molecule has 1 aliphatic heterocycles. The van der Waals surface area contributed by atoms with Gasteiger partial charge >= 0.3 is 0 Å². The molecule has 0 aromatic heterocycles. The summed E-state index contributed by atoms with van der Waals surface area (Å²) in [5, 5.41) is 11.2. The van der Waals surface area contributed by atoms with E-state index in [4.69, 9.17) is 0 Å². The summed E-state index contributed by atoms with van der Waals surface area (Å²) in [7, 11) is 0. The van der Waals surface area contributed by atoms with Crippen molar-refractivity contribution in [2.75, 3.05) is 18.0 Å². The van der Waals surface area contributed by atoms with E-state index in [0.29, 0.717) is 29.4 Å². The van der Waals surface area contributed by atoms with Crippen molar-refractivity contribution >= 4 is 17.7 Å². The van der Waals surface area contributed by atoms with Crippen molar-refractivity contribution in [2.45, 2.75) is 26.7 Å². The molecule has 0 aliphatic carbocycles. The molecule has 0 atom stereocenters. The van der Waals surface area contributed by atoms with Crippen molar-refractivity contribution < 1.29 is 9.72 Å². The third kappa shape index (κ3) is 2.98. The molecule has 2 rings (SSSR count). The van der Waals surface area contributed by atoms with Gasteiger partial charge in [-0.3, -0.25) is 14.9 Å². The van der Waals surface area contributed by atoms with Crippen LogP contribution in [0, 0.1) is 22.0 Å². The molecule has 1 saturated heterocycles. The average Bonchev–Trinajstić information content (AvgIpc) is 2.46. The third-order valence-electron chi connectivity index (χ3n) is 4.16. The molecule has 0 amide bonds. The van der Waals surface area contributed by atoms with Crippen LogP contribution in [0.25, 0.3) is 0 Å². The Hall–Kier alpha value is -1.91. The monoisotopic (exact) mass is 276 g/mol. The molecule has 0 N–H and O–H groups in total. The van der Waals surface area contributed by atoms with Crippen LogP contribution in [-0.2, 0) is 0 Å². The second-order valence-corrected chi connectivity index (χ2v) is 5.69. The maximum Gasteiger partial charge on any atom is 0.293 e. The molecule has 0 unspecified atom stereocenters. The van der Waals surface area contributed by atoms with Gasteiger partial charge in [0.1, 0.15) is 12.0 Å². The number of hydrogen-bond acceptors (Lipinski definition) is 4. The maximum atomic E-state index is 11.2. The van der Waals surface area contributed by atoms with Gasteiger partial charge in [0.05, 0.1) is 4.92 Å². The number of aldehydes is 1. The lowest BCUT2D eigenvalue weighted by Gasteiger charge is -2.35. The van der Waals surface area contributed by atoms with E-state index in [-0.39, 0.29) is 5.69 Å². The van der Waals surface area contributed by atoms with E-state index in [1.54, 1.807) is 12.1 Å². The summed E-state index contributed by atoms with van der Waals surface area (Å²) in [6.45, 7) is 6.12. The van der Waals surface area contributed by atoms with Crippen LogP contribution in [0.5, 0.6) is 0 Å². The van der Waals surface area contributed by atoms with Crippen LogP contribution in [-0.4, -0.2) is 24.3 Å². The molecule has 20 heavy (non-hydrogen) atoms. The first-order valence-electron chi connectivity index (χ1n) is 7.01. The van der Waals surface area contributed by atoms with Gasteiger partial charge in [-0.1, -0.05) is 13.8 Å². The van der Waals surface area contributed by atoms with Gasteiger partial charge in [0, 0.05) is 24.7 Å². The van der Waals surface area contributed by atoms with Crippen molar-refractivity contribution in [3.05, 3.63) is 33.9 Å². The second-order valence-electron chi connectivity index (χ2n) is 5.69. The molecule has 5 nitrogen and oxygen atoms in total. The average molecular weight is 276 g/mol. The summed E-state index contributed by atoms with van der Waals surface area (Å²) in [5.41, 5.74) is 0.998. The molecule has 0 spiro atoms. The number of nitro benzene ring substituents is 1. The Morgan fingerprint density at radius 2 is 2.00 bits per heavy atom. The summed E-state index contributed by atoms with van der Waals surface area (Å²) >= 11 is 0. The van der Waals surface area contributed by atoms with Gasteiger partial charge in [0.2, 0.25) is 0 Å². The van der Waals surface area contributed by atoms with Crippen molar-refractivity contribution in [1.82, 2.24) is 0 Å². The number of piperidine rings is 1. The van der Waals surface area contributed by atoms with E-state index < -0.39 is 4.92 Å². The SMILES string of the molecule is CC(C)C1CCN(c2ccc(C=O)cc2[N+](=O)[O-])CC1. The quantitative estimate of drug-likeness (QED) is 0.481. The molecule has 0 saturated carbocycles. The lowest BCUT2D eigenvalue weighted by molar-refractivity contribution is -0.384. The van der Waals surface area contributed by atoms with E-state index in [1.807, 2.05) is 0 Å². The smallest absolute Gasteiger partial charge is 0.293 e. The van der Waals surface area contributed by atoms with E-state index in [2.05, 4.69) is 18.7 Å². The Kier molecular flexibility index (Phi) is 4.37. The van der Waals surface area contributed by atoms with E-state index in [0.717, 1.165) is 25.9 Å². The Morgan fingerprint density at radius 1 is 1.35 bits per heavy atom. The minimum atomic E-state index is -0.406. The fourth-order valence-corrected chi connectivity index (χ4v) is 2.83. The number of carbonyl (C=O) groups excluding carboxylic acids is 1. The number of carbonyl (C=O) groups is 1. The van der Waals surface area contributed by atoms with Crippen molar-refractivity contribution in [2.24, 2.45) is 11.8 Å². The van der Waals surface area contributed by atoms with Gasteiger partial charge in [0.15, 0.2) is 0 Å². The van der Waals surface area contributed by atoms with Crippen LogP contribution in [0.1, 0.15) is 37.0 Å². The summed E-state index contributed by atoms with van der Waals surface area (Å²) in [4.78, 5) is 23.6. The number of nitrogens with zero attached hydrogens (tertiary/aromatic N) is 2. The van der Waals surface area contributed by atoms with Gasteiger partial charge in [-0.15, -0.1) is 0 Å². The molecular formula is C15H20N2O3. The number of anilines is 1. The van der Waals surface area contributed by atoms with Gasteiger partial charge in [-0.05, 0) is 36.8 Å². The largest absolute Gasteiger partial charge is 0.366 e. The molecular weight excluding hydrogens is 256 g/mol. The number of benzene rings is 1. The molecule has 1 heterocycles. The standard InChI is InChI=1S/C15H20N2O3/c1-11(2)13-5-7-16(8-6-13)14-4-3-12(10-18)9-15(14)17(19)20/h3-4,9-11,13H,5-8H2,1-2H3. The fraction of sp³-hybridized carbons (Fsp3) is 0.533. The van der Waals surface area contributed by atoms with Crippen LogP contribution in [0.15, 0.2) is 18.2 Å². The van der Waals surface area contributed by atoms with Crippen LogP contribution < -0.4 is 4.90 Å².